The predicted octanol–water partition coefficient (Wildman–Crippen LogP) is 2.17. The lowest BCUT2D eigenvalue weighted by Gasteiger charge is -2.13. The molecular weight excluding hydrogens is 278 g/mol. The molecule has 0 aromatic carbocycles. The Balaban J connectivity index is 1.50. The summed E-state index contributed by atoms with van der Waals surface area (Å²) in [6.45, 7) is 7.56. The van der Waals surface area contributed by atoms with Gasteiger partial charge < -0.3 is 5.32 Å². The Labute approximate surface area is 130 Å². The van der Waals surface area contributed by atoms with Crippen LogP contribution >= 0.6 is 0 Å². The van der Waals surface area contributed by atoms with Crippen molar-refractivity contribution in [1.29, 1.82) is 0 Å². The Morgan fingerprint density at radius 1 is 1.45 bits per heavy atom. The lowest BCUT2D eigenvalue weighted by molar-refractivity contribution is 0.0941. The number of nitrogens with zero attached hydrogens (tertiary/aromatic N) is 3. The topological polar surface area (TPSA) is 75.6 Å². The Morgan fingerprint density at radius 2 is 2.23 bits per heavy atom. The van der Waals surface area contributed by atoms with Gasteiger partial charge in [-0.1, -0.05) is 6.92 Å². The van der Waals surface area contributed by atoms with Crippen molar-refractivity contribution in [3.05, 3.63) is 34.9 Å². The maximum absolute atomic E-state index is 12.1. The zero-order valence-corrected chi connectivity index (χ0v) is 13.4. The summed E-state index contributed by atoms with van der Waals surface area (Å²) in [5.74, 6) is 0.783. The molecular formula is C16H23N5O. The van der Waals surface area contributed by atoms with Crippen LogP contribution in [0.4, 0.5) is 0 Å². The summed E-state index contributed by atoms with van der Waals surface area (Å²) in [6.07, 6.45) is 2.39. The zero-order chi connectivity index (χ0) is 15.7. The van der Waals surface area contributed by atoms with Crippen LogP contribution in [0.25, 0.3) is 0 Å². The third-order valence-electron chi connectivity index (χ3n) is 4.05. The number of H-pyrrole nitrogens is 1. The van der Waals surface area contributed by atoms with Gasteiger partial charge in [-0.05, 0) is 44.7 Å². The van der Waals surface area contributed by atoms with Crippen LogP contribution in [0.2, 0.25) is 0 Å². The van der Waals surface area contributed by atoms with E-state index in [1.807, 2.05) is 17.7 Å². The highest BCUT2D eigenvalue weighted by Crippen LogP contribution is 2.38. The molecule has 1 saturated carbocycles. The maximum atomic E-state index is 12.1. The summed E-state index contributed by atoms with van der Waals surface area (Å²) in [6, 6.07) is 3.94. The van der Waals surface area contributed by atoms with E-state index in [1.165, 1.54) is 12.8 Å². The summed E-state index contributed by atoms with van der Waals surface area (Å²) in [4.78, 5) is 12.1. The lowest BCUT2D eigenvalue weighted by atomic mass is 10.1. The molecule has 2 aromatic heterocycles. The van der Waals surface area contributed by atoms with Gasteiger partial charge >= 0.3 is 0 Å². The monoisotopic (exact) mass is 301 g/mol. The molecule has 1 aliphatic carbocycles. The maximum Gasteiger partial charge on any atom is 0.271 e. The van der Waals surface area contributed by atoms with Crippen molar-refractivity contribution in [2.24, 2.45) is 5.92 Å². The second kappa shape index (κ2) is 5.94. The summed E-state index contributed by atoms with van der Waals surface area (Å²) in [5.41, 5.74) is 3.75. The lowest BCUT2D eigenvalue weighted by Crippen LogP contribution is -2.30. The van der Waals surface area contributed by atoms with E-state index in [1.54, 1.807) is 0 Å². The van der Waals surface area contributed by atoms with Crippen LogP contribution < -0.4 is 5.32 Å². The standard InChI is InChI=1S/C16H23N5O/c1-10(9-21-12(3)6-11(2)20-21)8-17-16(22)15-7-14(18-19-15)13-4-5-13/h6-7,10,13H,4-5,8-9H2,1-3H3,(H,17,22)(H,18,19). The minimum Gasteiger partial charge on any atom is -0.350 e. The highest BCUT2D eigenvalue weighted by molar-refractivity contribution is 5.92. The van der Waals surface area contributed by atoms with Crippen LogP contribution in [0, 0.1) is 19.8 Å². The fourth-order valence-corrected chi connectivity index (χ4v) is 2.63. The average Bonchev–Trinajstić information content (AvgIpc) is 3.12. The second-order valence-corrected chi connectivity index (χ2v) is 6.41. The van der Waals surface area contributed by atoms with Crippen LogP contribution in [0.15, 0.2) is 12.1 Å². The van der Waals surface area contributed by atoms with Crippen LogP contribution in [0.5, 0.6) is 0 Å². The molecule has 0 saturated heterocycles. The number of amides is 1. The number of hydrogen-bond donors (Lipinski definition) is 2. The molecule has 2 N–H and O–H groups in total. The highest BCUT2D eigenvalue weighted by atomic mass is 16.1. The summed E-state index contributed by atoms with van der Waals surface area (Å²) in [7, 11) is 0. The number of aromatic amines is 1. The fraction of sp³-hybridized carbons (Fsp3) is 0.562. The third-order valence-corrected chi connectivity index (χ3v) is 4.05. The molecule has 1 aliphatic rings. The van der Waals surface area contributed by atoms with E-state index < -0.39 is 0 Å². The van der Waals surface area contributed by atoms with Crippen molar-refractivity contribution < 1.29 is 4.79 Å². The Hall–Kier alpha value is -2.11. The third kappa shape index (κ3) is 3.37. The van der Waals surface area contributed by atoms with Crippen molar-refractivity contribution in [2.45, 2.75) is 46.1 Å². The van der Waals surface area contributed by atoms with Crippen LogP contribution in [-0.4, -0.2) is 32.4 Å². The van der Waals surface area contributed by atoms with Crippen molar-refractivity contribution in [3.8, 4) is 0 Å². The van der Waals surface area contributed by atoms with Gasteiger partial charge in [0.25, 0.3) is 5.91 Å². The van der Waals surface area contributed by atoms with Crippen molar-refractivity contribution in [2.75, 3.05) is 6.54 Å². The number of hydrogen-bond acceptors (Lipinski definition) is 3. The molecule has 0 radical (unpaired) electrons. The molecule has 0 aliphatic heterocycles. The van der Waals surface area contributed by atoms with Gasteiger partial charge in [0.05, 0.1) is 5.69 Å². The average molecular weight is 301 g/mol. The largest absolute Gasteiger partial charge is 0.350 e. The zero-order valence-electron chi connectivity index (χ0n) is 13.4. The number of carbonyl (C=O) groups excluding carboxylic acids is 1. The number of nitrogens with one attached hydrogen (secondary N) is 2. The molecule has 6 heteroatoms. The smallest absolute Gasteiger partial charge is 0.271 e. The van der Waals surface area contributed by atoms with Crippen LogP contribution in [0.1, 0.15) is 53.3 Å². The van der Waals surface area contributed by atoms with Gasteiger partial charge in [0.1, 0.15) is 5.69 Å². The fourth-order valence-electron chi connectivity index (χ4n) is 2.63. The summed E-state index contributed by atoms with van der Waals surface area (Å²) in [5, 5.41) is 14.5. The number of rotatable bonds is 6. The van der Waals surface area contributed by atoms with Crippen molar-refractivity contribution in [3.63, 3.8) is 0 Å². The SMILES string of the molecule is Cc1cc(C)n(CC(C)CNC(=O)c2cc(C3CC3)[nH]n2)n1. The minimum atomic E-state index is -0.108. The van der Waals surface area contributed by atoms with Gasteiger partial charge in [-0.2, -0.15) is 10.2 Å². The molecule has 22 heavy (non-hydrogen) atoms. The van der Waals surface area contributed by atoms with Crippen molar-refractivity contribution >= 4 is 5.91 Å². The first-order valence-corrected chi connectivity index (χ1v) is 7.87. The summed E-state index contributed by atoms with van der Waals surface area (Å²) < 4.78 is 1.99. The quantitative estimate of drug-likeness (QED) is 0.858. The summed E-state index contributed by atoms with van der Waals surface area (Å²) >= 11 is 0. The van der Waals surface area contributed by atoms with Gasteiger partial charge in [-0.15, -0.1) is 0 Å². The van der Waals surface area contributed by atoms with Crippen LogP contribution in [0.3, 0.4) is 0 Å². The molecule has 0 spiro atoms. The molecule has 6 nitrogen and oxygen atoms in total. The first-order chi connectivity index (χ1) is 10.5. The van der Waals surface area contributed by atoms with E-state index in [0.29, 0.717) is 24.1 Å². The van der Waals surface area contributed by atoms with Gasteiger partial charge in [0.15, 0.2) is 0 Å². The molecule has 118 valence electrons. The van der Waals surface area contributed by atoms with E-state index in [0.717, 1.165) is 23.6 Å². The first kappa shape index (κ1) is 14.8. The highest BCUT2D eigenvalue weighted by Gasteiger charge is 2.26. The van der Waals surface area contributed by atoms with E-state index >= 15 is 0 Å². The molecule has 2 aromatic rings. The normalized spacial score (nSPS) is 15.8. The Morgan fingerprint density at radius 3 is 2.86 bits per heavy atom. The van der Waals surface area contributed by atoms with Gasteiger partial charge in [0.2, 0.25) is 0 Å². The van der Waals surface area contributed by atoms with Gasteiger partial charge in [-0.25, -0.2) is 0 Å². The van der Waals surface area contributed by atoms with E-state index in [9.17, 15) is 4.79 Å². The predicted molar refractivity (Wildman–Crippen MR) is 83.8 cm³/mol. The molecule has 1 amide bonds. The minimum absolute atomic E-state index is 0.108. The van der Waals surface area contributed by atoms with Crippen LogP contribution in [-0.2, 0) is 6.54 Å². The molecule has 1 unspecified atom stereocenters. The Bertz CT molecular complexity index is 668. The molecule has 1 fully saturated rings. The first-order valence-electron chi connectivity index (χ1n) is 7.87. The number of aromatic nitrogens is 4. The van der Waals surface area contributed by atoms with E-state index in [2.05, 4.69) is 40.5 Å². The van der Waals surface area contributed by atoms with E-state index in [4.69, 9.17) is 0 Å². The molecule has 1 atom stereocenters. The Kier molecular flexibility index (Phi) is 4.00. The molecule has 3 rings (SSSR count). The number of aryl methyl sites for hydroxylation is 2. The molecule has 2 heterocycles. The van der Waals surface area contributed by atoms with Gasteiger partial charge in [-0.3, -0.25) is 14.6 Å². The molecule has 0 bridgehead atoms. The second-order valence-electron chi connectivity index (χ2n) is 6.41. The van der Waals surface area contributed by atoms with Crippen molar-refractivity contribution in [1.82, 2.24) is 25.3 Å². The van der Waals surface area contributed by atoms with E-state index in [-0.39, 0.29) is 5.91 Å². The van der Waals surface area contributed by atoms with Gasteiger partial charge in [0, 0.05) is 30.4 Å². The number of carbonyl (C=O) groups is 1.